The molecule has 0 bridgehead atoms. The summed E-state index contributed by atoms with van der Waals surface area (Å²) in [7, 11) is 0. The number of ether oxygens (including phenoxy) is 1. The molecule has 0 unspecified atom stereocenters. The molecule has 0 amide bonds. The number of hydrogen-bond acceptors (Lipinski definition) is 4. The van der Waals surface area contributed by atoms with Crippen molar-refractivity contribution in [2.24, 2.45) is 0 Å². The number of esters is 1. The Bertz CT molecular complexity index is 1030. The molecular formula is C23H20ClNO3. The van der Waals surface area contributed by atoms with E-state index in [1.165, 1.54) is 6.92 Å². The molecule has 142 valence electrons. The molecule has 0 spiro atoms. The van der Waals surface area contributed by atoms with Crippen LogP contribution in [-0.2, 0) is 16.1 Å². The summed E-state index contributed by atoms with van der Waals surface area (Å²) < 4.78 is 5.09. The highest BCUT2D eigenvalue weighted by atomic mass is 35.5. The monoisotopic (exact) mass is 393 g/mol. The molecule has 3 aromatic carbocycles. The summed E-state index contributed by atoms with van der Waals surface area (Å²) in [6.45, 7) is 3.45. The molecule has 0 aromatic heterocycles. The molecule has 0 aliphatic heterocycles. The lowest BCUT2D eigenvalue weighted by atomic mass is 9.99. The van der Waals surface area contributed by atoms with Crippen LogP contribution in [0.15, 0.2) is 66.7 Å². The van der Waals surface area contributed by atoms with Crippen molar-refractivity contribution in [1.29, 1.82) is 0 Å². The molecule has 5 heteroatoms. The minimum Gasteiger partial charge on any atom is -0.461 e. The van der Waals surface area contributed by atoms with Gasteiger partial charge < -0.3 is 10.1 Å². The Morgan fingerprint density at radius 3 is 2.39 bits per heavy atom. The fraction of sp³-hybridized carbons (Fsp3) is 0.130. The molecule has 1 N–H and O–H groups in total. The summed E-state index contributed by atoms with van der Waals surface area (Å²) >= 11 is 6.41. The highest BCUT2D eigenvalue weighted by Gasteiger charge is 2.15. The Morgan fingerprint density at radius 1 is 0.964 bits per heavy atom. The number of hydrogen-bond donors (Lipinski definition) is 1. The summed E-state index contributed by atoms with van der Waals surface area (Å²) in [4.78, 5) is 23.9. The van der Waals surface area contributed by atoms with Crippen LogP contribution in [0, 0.1) is 6.92 Å². The fourth-order valence-electron chi connectivity index (χ4n) is 2.85. The van der Waals surface area contributed by atoms with Crippen molar-refractivity contribution in [3.63, 3.8) is 0 Å². The van der Waals surface area contributed by atoms with Gasteiger partial charge in [-0.05, 0) is 36.8 Å². The number of aryl methyl sites for hydroxylation is 1. The third-order valence-corrected chi connectivity index (χ3v) is 4.64. The third kappa shape index (κ3) is 4.59. The fourth-order valence-corrected chi connectivity index (χ4v) is 3.12. The third-order valence-electron chi connectivity index (χ3n) is 4.33. The van der Waals surface area contributed by atoms with Gasteiger partial charge in [-0.3, -0.25) is 9.59 Å². The maximum atomic E-state index is 12.8. The van der Waals surface area contributed by atoms with Crippen LogP contribution in [0.5, 0.6) is 0 Å². The predicted octanol–water partition coefficient (Wildman–Crippen LogP) is 5.69. The Balaban J connectivity index is 1.83. The van der Waals surface area contributed by atoms with E-state index < -0.39 is 0 Å². The number of carbonyl (C=O) groups is 2. The molecule has 3 rings (SSSR count). The Labute approximate surface area is 169 Å². The molecule has 28 heavy (non-hydrogen) atoms. The van der Waals surface area contributed by atoms with E-state index in [1.54, 1.807) is 24.3 Å². The number of halogens is 1. The van der Waals surface area contributed by atoms with E-state index >= 15 is 0 Å². The zero-order valence-electron chi connectivity index (χ0n) is 15.7. The molecular weight excluding hydrogens is 374 g/mol. The van der Waals surface area contributed by atoms with Crippen molar-refractivity contribution in [2.75, 3.05) is 5.32 Å². The van der Waals surface area contributed by atoms with Crippen molar-refractivity contribution < 1.29 is 14.3 Å². The van der Waals surface area contributed by atoms with Gasteiger partial charge in [-0.1, -0.05) is 54.1 Å². The Kier molecular flexibility index (Phi) is 6.12. The van der Waals surface area contributed by atoms with Gasteiger partial charge in [-0.2, -0.15) is 0 Å². The van der Waals surface area contributed by atoms with Gasteiger partial charge in [0.25, 0.3) is 0 Å². The van der Waals surface area contributed by atoms with Crippen molar-refractivity contribution >= 4 is 34.7 Å². The van der Waals surface area contributed by atoms with Gasteiger partial charge >= 0.3 is 5.97 Å². The Morgan fingerprint density at radius 2 is 1.68 bits per heavy atom. The van der Waals surface area contributed by atoms with Gasteiger partial charge in [-0.25, -0.2) is 0 Å². The van der Waals surface area contributed by atoms with Crippen LogP contribution in [0.1, 0.15) is 34.0 Å². The zero-order chi connectivity index (χ0) is 20.1. The van der Waals surface area contributed by atoms with E-state index in [1.807, 2.05) is 49.4 Å². The molecule has 0 aliphatic rings. The van der Waals surface area contributed by atoms with Crippen LogP contribution >= 0.6 is 11.6 Å². The van der Waals surface area contributed by atoms with Crippen molar-refractivity contribution in [3.05, 3.63) is 94.0 Å². The average molecular weight is 394 g/mol. The van der Waals surface area contributed by atoms with Crippen LogP contribution in [0.2, 0.25) is 5.02 Å². The highest BCUT2D eigenvalue weighted by molar-refractivity contribution is 6.35. The summed E-state index contributed by atoms with van der Waals surface area (Å²) in [5.41, 5.74) is 4.38. The second-order valence-electron chi connectivity index (χ2n) is 6.40. The molecule has 0 fully saturated rings. The first-order valence-corrected chi connectivity index (χ1v) is 9.21. The maximum absolute atomic E-state index is 12.8. The van der Waals surface area contributed by atoms with Gasteiger partial charge in [-0.15, -0.1) is 0 Å². The first-order valence-electron chi connectivity index (χ1n) is 8.84. The van der Waals surface area contributed by atoms with Crippen molar-refractivity contribution in [3.8, 4) is 0 Å². The maximum Gasteiger partial charge on any atom is 0.302 e. The van der Waals surface area contributed by atoms with Crippen LogP contribution in [0.3, 0.4) is 0 Å². The summed E-state index contributed by atoms with van der Waals surface area (Å²) in [6, 6.07) is 20.2. The van der Waals surface area contributed by atoms with Crippen molar-refractivity contribution in [2.45, 2.75) is 20.5 Å². The van der Waals surface area contributed by atoms with Gasteiger partial charge in [0.05, 0.1) is 5.02 Å². The van der Waals surface area contributed by atoms with Gasteiger partial charge in [0, 0.05) is 35.0 Å². The van der Waals surface area contributed by atoms with Gasteiger partial charge in [0.1, 0.15) is 6.61 Å². The summed E-state index contributed by atoms with van der Waals surface area (Å²) in [5.74, 6) is -0.443. The van der Waals surface area contributed by atoms with Crippen molar-refractivity contribution in [1.82, 2.24) is 0 Å². The standard InChI is InChI=1S/C23H20ClNO3/c1-15-7-3-5-9-19(15)23(27)20-12-11-18(13-21(20)24)25-22-10-6-4-8-17(22)14-28-16(2)26/h3-13,25H,14H2,1-2H3. The molecule has 0 saturated carbocycles. The lowest BCUT2D eigenvalue weighted by Crippen LogP contribution is -2.05. The number of benzene rings is 3. The molecule has 4 nitrogen and oxygen atoms in total. The number of nitrogens with one attached hydrogen (secondary N) is 1. The molecule has 3 aromatic rings. The smallest absolute Gasteiger partial charge is 0.302 e. The van der Waals surface area contributed by atoms with Crippen LogP contribution < -0.4 is 5.32 Å². The van der Waals surface area contributed by atoms with E-state index in [-0.39, 0.29) is 18.4 Å². The molecule has 0 saturated heterocycles. The quantitative estimate of drug-likeness (QED) is 0.432. The SMILES string of the molecule is CC(=O)OCc1ccccc1Nc1ccc(C(=O)c2ccccc2C)c(Cl)c1. The molecule has 0 aliphatic carbocycles. The number of carbonyl (C=O) groups excluding carboxylic acids is 2. The van der Waals surface area contributed by atoms with E-state index in [2.05, 4.69) is 5.32 Å². The van der Waals surface area contributed by atoms with Crippen LogP contribution in [0.25, 0.3) is 0 Å². The minimum absolute atomic E-state index is 0.107. The Hall–Kier alpha value is -3.11. The second kappa shape index (κ2) is 8.72. The minimum atomic E-state index is -0.336. The number of rotatable bonds is 6. The van der Waals surface area contributed by atoms with Crippen LogP contribution in [0.4, 0.5) is 11.4 Å². The zero-order valence-corrected chi connectivity index (χ0v) is 16.4. The molecule has 0 radical (unpaired) electrons. The number of ketones is 1. The summed E-state index contributed by atoms with van der Waals surface area (Å²) in [5, 5.41) is 3.64. The normalized spacial score (nSPS) is 10.4. The van der Waals surface area contributed by atoms with E-state index in [0.717, 1.165) is 22.5 Å². The van der Waals surface area contributed by atoms with Gasteiger partial charge in [0.2, 0.25) is 0 Å². The van der Waals surface area contributed by atoms with E-state index in [9.17, 15) is 9.59 Å². The molecule has 0 atom stereocenters. The lowest BCUT2D eigenvalue weighted by Gasteiger charge is -2.13. The van der Waals surface area contributed by atoms with Crippen LogP contribution in [-0.4, -0.2) is 11.8 Å². The van der Waals surface area contributed by atoms with E-state index in [4.69, 9.17) is 16.3 Å². The topological polar surface area (TPSA) is 55.4 Å². The predicted molar refractivity (Wildman–Crippen MR) is 111 cm³/mol. The number of anilines is 2. The molecule has 0 heterocycles. The van der Waals surface area contributed by atoms with Gasteiger partial charge in [0.15, 0.2) is 5.78 Å². The second-order valence-corrected chi connectivity index (χ2v) is 6.81. The average Bonchev–Trinajstić information content (AvgIpc) is 2.67. The van der Waals surface area contributed by atoms with E-state index in [0.29, 0.717) is 16.1 Å². The first kappa shape index (κ1) is 19.6. The largest absolute Gasteiger partial charge is 0.461 e. The highest BCUT2D eigenvalue weighted by Crippen LogP contribution is 2.28. The number of para-hydroxylation sites is 1. The lowest BCUT2D eigenvalue weighted by molar-refractivity contribution is -0.142. The first-order chi connectivity index (χ1) is 13.5. The summed E-state index contributed by atoms with van der Waals surface area (Å²) in [6.07, 6.45) is 0.